The van der Waals surface area contributed by atoms with Gasteiger partial charge in [0.2, 0.25) is 5.91 Å². The lowest BCUT2D eigenvalue weighted by Gasteiger charge is -2.14. The molecular weight excluding hydrogens is 176 g/mol. The first-order chi connectivity index (χ1) is 6.77. The predicted octanol–water partition coefficient (Wildman–Crippen LogP) is 0.901. The lowest BCUT2D eigenvalue weighted by atomic mass is 10.1. The summed E-state index contributed by atoms with van der Waals surface area (Å²) in [6.45, 7) is 4.16. The fourth-order valence-electron chi connectivity index (χ4n) is 2.11. The molecule has 2 N–H and O–H groups in total. The van der Waals surface area contributed by atoms with E-state index in [-0.39, 0.29) is 11.9 Å². The van der Waals surface area contributed by atoms with E-state index in [1.807, 2.05) is 0 Å². The molecular formula is C11H20N2O. The summed E-state index contributed by atoms with van der Waals surface area (Å²) >= 11 is 0. The first kappa shape index (κ1) is 9.97. The van der Waals surface area contributed by atoms with Gasteiger partial charge in [-0.3, -0.25) is 4.79 Å². The molecule has 14 heavy (non-hydrogen) atoms. The molecule has 3 unspecified atom stereocenters. The highest BCUT2D eigenvalue weighted by atomic mass is 16.2. The van der Waals surface area contributed by atoms with Crippen LogP contribution in [0.15, 0.2) is 0 Å². The number of hydrogen-bond donors (Lipinski definition) is 2. The SMILES string of the molecule is CC1CC1CNC1CCCCNC1=O. The van der Waals surface area contributed by atoms with Crippen LogP contribution in [0.2, 0.25) is 0 Å². The minimum absolute atomic E-state index is 0.0744. The molecule has 0 radical (unpaired) electrons. The van der Waals surface area contributed by atoms with Gasteiger partial charge in [0.05, 0.1) is 6.04 Å². The average molecular weight is 196 g/mol. The van der Waals surface area contributed by atoms with E-state index < -0.39 is 0 Å². The van der Waals surface area contributed by atoms with Gasteiger partial charge >= 0.3 is 0 Å². The van der Waals surface area contributed by atoms with Gasteiger partial charge in [-0.25, -0.2) is 0 Å². The summed E-state index contributed by atoms with van der Waals surface area (Å²) in [5.41, 5.74) is 0. The van der Waals surface area contributed by atoms with Gasteiger partial charge in [-0.05, 0) is 44.1 Å². The maximum absolute atomic E-state index is 11.6. The van der Waals surface area contributed by atoms with Gasteiger partial charge in [-0.15, -0.1) is 0 Å². The van der Waals surface area contributed by atoms with Crippen molar-refractivity contribution in [2.75, 3.05) is 13.1 Å². The first-order valence-electron chi connectivity index (χ1n) is 5.78. The number of amides is 1. The standard InChI is InChI=1S/C11H20N2O/c1-8-6-9(8)7-13-10-4-2-3-5-12-11(10)14/h8-10,13H,2-7H2,1H3,(H,12,14). The smallest absolute Gasteiger partial charge is 0.237 e. The topological polar surface area (TPSA) is 41.1 Å². The molecule has 1 aliphatic heterocycles. The second kappa shape index (κ2) is 4.30. The Bertz CT molecular complexity index is 217. The van der Waals surface area contributed by atoms with E-state index in [0.717, 1.165) is 44.2 Å². The van der Waals surface area contributed by atoms with Crippen molar-refractivity contribution in [2.45, 2.75) is 38.6 Å². The Balaban J connectivity index is 1.74. The summed E-state index contributed by atoms with van der Waals surface area (Å²) in [4.78, 5) is 11.6. The van der Waals surface area contributed by atoms with E-state index in [1.165, 1.54) is 6.42 Å². The van der Waals surface area contributed by atoms with Crippen molar-refractivity contribution in [3.8, 4) is 0 Å². The highest BCUT2D eigenvalue weighted by Gasteiger charge is 2.33. The number of rotatable bonds is 3. The third-order valence-corrected chi connectivity index (χ3v) is 3.44. The molecule has 2 aliphatic rings. The van der Waals surface area contributed by atoms with Crippen LogP contribution >= 0.6 is 0 Å². The Morgan fingerprint density at radius 3 is 3.00 bits per heavy atom. The van der Waals surface area contributed by atoms with E-state index in [4.69, 9.17) is 0 Å². The van der Waals surface area contributed by atoms with Gasteiger partial charge in [-0.2, -0.15) is 0 Å². The summed E-state index contributed by atoms with van der Waals surface area (Å²) in [7, 11) is 0. The summed E-state index contributed by atoms with van der Waals surface area (Å²) < 4.78 is 0. The molecule has 1 aliphatic carbocycles. The van der Waals surface area contributed by atoms with Crippen LogP contribution in [-0.2, 0) is 4.79 Å². The summed E-state index contributed by atoms with van der Waals surface area (Å²) in [5, 5.41) is 6.34. The first-order valence-corrected chi connectivity index (χ1v) is 5.78. The van der Waals surface area contributed by atoms with E-state index in [2.05, 4.69) is 17.6 Å². The van der Waals surface area contributed by atoms with Gasteiger partial charge in [-0.1, -0.05) is 6.92 Å². The van der Waals surface area contributed by atoms with Crippen LogP contribution < -0.4 is 10.6 Å². The summed E-state index contributed by atoms with van der Waals surface area (Å²) in [6.07, 6.45) is 4.63. The Labute approximate surface area is 85.6 Å². The highest BCUT2D eigenvalue weighted by Crippen LogP contribution is 2.36. The minimum Gasteiger partial charge on any atom is -0.355 e. The number of nitrogens with one attached hydrogen (secondary N) is 2. The molecule has 2 fully saturated rings. The van der Waals surface area contributed by atoms with E-state index >= 15 is 0 Å². The maximum Gasteiger partial charge on any atom is 0.237 e. The van der Waals surface area contributed by atoms with Crippen molar-refractivity contribution in [1.29, 1.82) is 0 Å². The molecule has 0 spiro atoms. The van der Waals surface area contributed by atoms with Crippen LogP contribution in [-0.4, -0.2) is 25.0 Å². The average Bonchev–Trinajstić information content (AvgIpc) is 2.88. The molecule has 3 nitrogen and oxygen atoms in total. The van der Waals surface area contributed by atoms with Gasteiger partial charge < -0.3 is 10.6 Å². The Morgan fingerprint density at radius 2 is 2.29 bits per heavy atom. The fourth-order valence-corrected chi connectivity index (χ4v) is 2.11. The molecule has 1 heterocycles. The quantitative estimate of drug-likeness (QED) is 0.704. The molecule has 0 aromatic rings. The maximum atomic E-state index is 11.6. The molecule has 0 bridgehead atoms. The normalized spacial score (nSPS) is 37.5. The molecule has 1 saturated heterocycles. The van der Waals surface area contributed by atoms with Crippen molar-refractivity contribution in [3.63, 3.8) is 0 Å². The zero-order valence-corrected chi connectivity index (χ0v) is 8.88. The van der Waals surface area contributed by atoms with Crippen molar-refractivity contribution in [2.24, 2.45) is 11.8 Å². The van der Waals surface area contributed by atoms with Crippen LogP contribution in [0.1, 0.15) is 32.6 Å². The number of hydrogen-bond acceptors (Lipinski definition) is 2. The molecule has 1 saturated carbocycles. The second-order valence-corrected chi connectivity index (χ2v) is 4.72. The fraction of sp³-hybridized carbons (Fsp3) is 0.909. The zero-order chi connectivity index (χ0) is 9.97. The Hall–Kier alpha value is -0.570. The zero-order valence-electron chi connectivity index (χ0n) is 8.88. The monoisotopic (exact) mass is 196 g/mol. The van der Waals surface area contributed by atoms with Gasteiger partial charge in [0.25, 0.3) is 0 Å². The third kappa shape index (κ3) is 2.47. The Kier molecular flexibility index (Phi) is 3.06. The van der Waals surface area contributed by atoms with Gasteiger partial charge in [0.15, 0.2) is 0 Å². The number of carbonyl (C=O) groups is 1. The molecule has 3 atom stereocenters. The van der Waals surface area contributed by atoms with Gasteiger partial charge in [0.1, 0.15) is 0 Å². The lowest BCUT2D eigenvalue weighted by Crippen LogP contribution is -2.43. The second-order valence-electron chi connectivity index (χ2n) is 4.72. The van der Waals surface area contributed by atoms with Crippen molar-refractivity contribution in [1.82, 2.24) is 10.6 Å². The van der Waals surface area contributed by atoms with Gasteiger partial charge in [0, 0.05) is 6.54 Å². The molecule has 0 aromatic carbocycles. The summed E-state index contributed by atoms with van der Waals surface area (Å²) in [6, 6.07) is 0.0744. The van der Waals surface area contributed by atoms with E-state index in [0.29, 0.717) is 0 Å². The van der Waals surface area contributed by atoms with Crippen LogP contribution in [0.5, 0.6) is 0 Å². The largest absolute Gasteiger partial charge is 0.355 e. The van der Waals surface area contributed by atoms with E-state index in [1.54, 1.807) is 0 Å². The molecule has 1 amide bonds. The van der Waals surface area contributed by atoms with Crippen LogP contribution in [0.3, 0.4) is 0 Å². The number of carbonyl (C=O) groups excluding carboxylic acids is 1. The third-order valence-electron chi connectivity index (χ3n) is 3.44. The molecule has 0 aromatic heterocycles. The molecule has 2 rings (SSSR count). The Morgan fingerprint density at radius 1 is 1.50 bits per heavy atom. The predicted molar refractivity (Wildman–Crippen MR) is 55.9 cm³/mol. The lowest BCUT2D eigenvalue weighted by molar-refractivity contribution is -0.122. The molecule has 80 valence electrons. The minimum atomic E-state index is 0.0744. The highest BCUT2D eigenvalue weighted by molar-refractivity contribution is 5.81. The van der Waals surface area contributed by atoms with Crippen molar-refractivity contribution in [3.05, 3.63) is 0 Å². The van der Waals surface area contributed by atoms with E-state index in [9.17, 15) is 4.79 Å². The van der Waals surface area contributed by atoms with Crippen molar-refractivity contribution >= 4 is 5.91 Å². The van der Waals surface area contributed by atoms with Crippen molar-refractivity contribution < 1.29 is 4.79 Å². The molecule has 3 heteroatoms. The summed E-state index contributed by atoms with van der Waals surface area (Å²) in [5.74, 6) is 1.90. The van der Waals surface area contributed by atoms with Crippen LogP contribution in [0, 0.1) is 11.8 Å². The van der Waals surface area contributed by atoms with Crippen LogP contribution in [0.4, 0.5) is 0 Å². The van der Waals surface area contributed by atoms with Crippen LogP contribution in [0.25, 0.3) is 0 Å².